The molecule has 0 aromatic heterocycles. The maximum atomic E-state index is 11.8. The summed E-state index contributed by atoms with van der Waals surface area (Å²) in [5.74, 6) is 0.148. The lowest BCUT2D eigenvalue weighted by Gasteiger charge is -2.09. The van der Waals surface area contributed by atoms with Gasteiger partial charge in [-0.2, -0.15) is 5.26 Å². The first-order valence-electron chi connectivity index (χ1n) is 6.06. The van der Waals surface area contributed by atoms with Crippen molar-refractivity contribution in [1.82, 2.24) is 0 Å². The van der Waals surface area contributed by atoms with Gasteiger partial charge in [-0.25, -0.2) is 0 Å². The molecule has 0 heterocycles. The lowest BCUT2D eigenvalue weighted by Crippen LogP contribution is -2.20. The molecule has 0 spiro atoms. The second-order valence-electron chi connectivity index (χ2n) is 4.21. The number of hydrogen-bond acceptors (Lipinski definition) is 4. The average molecular weight is 302 g/mol. The van der Waals surface area contributed by atoms with Gasteiger partial charge in [0.25, 0.3) is 5.91 Å². The highest BCUT2D eigenvalue weighted by atomic mass is 35.5. The lowest BCUT2D eigenvalue weighted by atomic mass is 10.2. The van der Waals surface area contributed by atoms with Crippen molar-refractivity contribution < 1.29 is 9.53 Å². The molecule has 6 heteroatoms. The van der Waals surface area contributed by atoms with Crippen molar-refractivity contribution in [3.05, 3.63) is 53.1 Å². The van der Waals surface area contributed by atoms with E-state index in [-0.39, 0.29) is 12.5 Å². The number of nitrogen functional groups attached to an aromatic ring is 1. The van der Waals surface area contributed by atoms with Crippen molar-refractivity contribution in [1.29, 1.82) is 5.26 Å². The molecule has 0 radical (unpaired) electrons. The number of carbonyl (C=O) groups is 1. The Morgan fingerprint density at radius 1 is 1.29 bits per heavy atom. The number of anilines is 2. The van der Waals surface area contributed by atoms with Crippen molar-refractivity contribution in [3.8, 4) is 11.8 Å². The molecule has 0 fully saturated rings. The Labute approximate surface area is 126 Å². The molecule has 106 valence electrons. The van der Waals surface area contributed by atoms with Gasteiger partial charge in [-0.15, -0.1) is 0 Å². The monoisotopic (exact) mass is 301 g/mol. The summed E-state index contributed by atoms with van der Waals surface area (Å²) in [5, 5.41) is 11.7. The van der Waals surface area contributed by atoms with Crippen molar-refractivity contribution in [3.63, 3.8) is 0 Å². The topological polar surface area (TPSA) is 88.1 Å². The summed E-state index contributed by atoms with van der Waals surface area (Å²) in [6.45, 7) is -0.170. The fourth-order valence-corrected chi connectivity index (χ4v) is 1.76. The number of hydrogen-bond donors (Lipinski definition) is 2. The predicted molar refractivity (Wildman–Crippen MR) is 81.1 cm³/mol. The van der Waals surface area contributed by atoms with E-state index in [4.69, 9.17) is 27.3 Å². The largest absolute Gasteiger partial charge is 0.484 e. The van der Waals surface area contributed by atoms with Crippen LogP contribution in [0.5, 0.6) is 5.75 Å². The third-order valence-electron chi connectivity index (χ3n) is 2.62. The number of benzene rings is 2. The van der Waals surface area contributed by atoms with Crippen LogP contribution in [-0.2, 0) is 4.79 Å². The maximum absolute atomic E-state index is 11.8. The van der Waals surface area contributed by atoms with E-state index in [1.807, 2.05) is 6.07 Å². The maximum Gasteiger partial charge on any atom is 0.262 e. The Morgan fingerprint density at radius 2 is 2.00 bits per heavy atom. The summed E-state index contributed by atoms with van der Waals surface area (Å²) in [7, 11) is 0. The van der Waals surface area contributed by atoms with E-state index < -0.39 is 0 Å². The van der Waals surface area contributed by atoms with Crippen LogP contribution < -0.4 is 15.8 Å². The molecule has 0 aliphatic rings. The van der Waals surface area contributed by atoms with Crippen molar-refractivity contribution >= 4 is 28.9 Å². The molecule has 0 aliphatic carbocycles. The Kier molecular flexibility index (Phi) is 4.64. The second-order valence-corrected chi connectivity index (χ2v) is 4.62. The highest BCUT2D eigenvalue weighted by molar-refractivity contribution is 6.33. The minimum atomic E-state index is -0.355. The first kappa shape index (κ1) is 14.7. The summed E-state index contributed by atoms with van der Waals surface area (Å²) < 4.78 is 5.31. The molecule has 0 saturated carbocycles. The van der Waals surface area contributed by atoms with E-state index in [0.717, 1.165) is 0 Å². The average Bonchev–Trinajstić information content (AvgIpc) is 2.49. The van der Waals surface area contributed by atoms with E-state index in [2.05, 4.69) is 5.32 Å². The van der Waals surface area contributed by atoms with Crippen LogP contribution in [-0.4, -0.2) is 12.5 Å². The fourth-order valence-electron chi connectivity index (χ4n) is 1.60. The number of nitrogens with zero attached hydrogens (tertiary/aromatic N) is 1. The number of nitriles is 1. The Hall–Kier alpha value is -2.71. The summed E-state index contributed by atoms with van der Waals surface area (Å²) in [6.07, 6.45) is 0. The molecule has 0 bridgehead atoms. The van der Waals surface area contributed by atoms with E-state index >= 15 is 0 Å². The molecule has 0 unspecified atom stereocenters. The van der Waals surface area contributed by atoms with Gasteiger partial charge in [0.2, 0.25) is 0 Å². The molecule has 2 aromatic carbocycles. The molecule has 21 heavy (non-hydrogen) atoms. The number of amides is 1. The van der Waals surface area contributed by atoms with E-state index in [1.165, 1.54) is 0 Å². The van der Waals surface area contributed by atoms with Gasteiger partial charge in [0.15, 0.2) is 6.61 Å². The Morgan fingerprint density at radius 3 is 2.67 bits per heavy atom. The van der Waals surface area contributed by atoms with Crippen LogP contribution >= 0.6 is 11.6 Å². The number of nitrogens with one attached hydrogen (secondary N) is 1. The number of ether oxygens (including phenoxy) is 1. The van der Waals surface area contributed by atoms with Gasteiger partial charge < -0.3 is 15.8 Å². The van der Waals surface area contributed by atoms with Crippen LogP contribution in [0.25, 0.3) is 0 Å². The van der Waals surface area contributed by atoms with Gasteiger partial charge in [0.1, 0.15) is 5.75 Å². The van der Waals surface area contributed by atoms with E-state index in [1.54, 1.807) is 42.5 Å². The zero-order valence-corrected chi connectivity index (χ0v) is 11.7. The molecule has 0 aliphatic heterocycles. The van der Waals surface area contributed by atoms with Gasteiger partial charge >= 0.3 is 0 Å². The standard InChI is InChI=1S/C15H12ClN3O2/c16-13-6-3-11(18)7-14(13)19-15(20)9-21-12-4-1-10(8-17)2-5-12/h1-7H,9,18H2,(H,19,20). The zero-order chi connectivity index (χ0) is 15.2. The van der Waals surface area contributed by atoms with Crippen LogP contribution in [0.15, 0.2) is 42.5 Å². The van der Waals surface area contributed by atoms with Crippen LogP contribution in [0.2, 0.25) is 5.02 Å². The summed E-state index contributed by atoms with van der Waals surface area (Å²) >= 11 is 5.95. The van der Waals surface area contributed by atoms with E-state index in [9.17, 15) is 4.79 Å². The Balaban J connectivity index is 1.92. The van der Waals surface area contributed by atoms with Crippen LogP contribution in [0.1, 0.15) is 5.56 Å². The molecular weight excluding hydrogens is 290 g/mol. The van der Waals surface area contributed by atoms with Gasteiger partial charge in [0.05, 0.1) is 22.3 Å². The summed E-state index contributed by atoms with van der Waals surface area (Å²) in [4.78, 5) is 11.8. The fraction of sp³-hybridized carbons (Fsp3) is 0.0667. The number of nitrogens with two attached hydrogens (primary N) is 1. The molecule has 0 atom stereocenters. The van der Waals surface area contributed by atoms with Gasteiger partial charge in [0, 0.05) is 5.69 Å². The first-order chi connectivity index (χ1) is 10.1. The zero-order valence-electron chi connectivity index (χ0n) is 11.0. The third kappa shape index (κ3) is 4.13. The molecule has 1 amide bonds. The quantitative estimate of drug-likeness (QED) is 0.850. The minimum Gasteiger partial charge on any atom is -0.484 e. The molecule has 0 saturated heterocycles. The molecule has 2 rings (SSSR count). The molecule has 5 nitrogen and oxygen atoms in total. The first-order valence-corrected chi connectivity index (χ1v) is 6.44. The van der Waals surface area contributed by atoms with Crippen molar-refractivity contribution in [2.45, 2.75) is 0 Å². The summed E-state index contributed by atoms with van der Waals surface area (Å²) in [6, 6.07) is 13.3. The Bertz CT molecular complexity index is 693. The number of halogens is 1. The molecule has 3 N–H and O–H groups in total. The SMILES string of the molecule is N#Cc1ccc(OCC(=O)Nc2cc(N)ccc2Cl)cc1. The van der Waals surface area contributed by atoms with Crippen LogP contribution in [0, 0.1) is 11.3 Å². The normalized spacial score (nSPS) is 9.71. The van der Waals surface area contributed by atoms with Crippen molar-refractivity contribution in [2.75, 3.05) is 17.7 Å². The molecular formula is C15H12ClN3O2. The van der Waals surface area contributed by atoms with Crippen LogP contribution in [0.3, 0.4) is 0 Å². The summed E-state index contributed by atoms with van der Waals surface area (Å²) in [5.41, 5.74) is 7.09. The van der Waals surface area contributed by atoms with Crippen molar-refractivity contribution in [2.24, 2.45) is 0 Å². The number of carbonyl (C=O) groups excluding carboxylic acids is 1. The van der Waals surface area contributed by atoms with E-state index in [0.29, 0.717) is 27.7 Å². The van der Waals surface area contributed by atoms with Gasteiger partial charge in [-0.1, -0.05) is 11.6 Å². The highest BCUT2D eigenvalue weighted by Gasteiger charge is 2.07. The number of rotatable bonds is 4. The smallest absolute Gasteiger partial charge is 0.262 e. The van der Waals surface area contributed by atoms with Gasteiger partial charge in [-0.3, -0.25) is 4.79 Å². The highest BCUT2D eigenvalue weighted by Crippen LogP contribution is 2.24. The third-order valence-corrected chi connectivity index (χ3v) is 2.95. The second kappa shape index (κ2) is 6.64. The minimum absolute atomic E-state index is 0.170. The van der Waals surface area contributed by atoms with Gasteiger partial charge in [-0.05, 0) is 42.5 Å². The molecule has 2 aromatic rings. The van der Waals surface area contributed by atoms with Crippen LogP contribution in [0.4, 0.5) is 11.4 Å². The lowest BCUT2D eigenvalue weighted by molar-refractivity contribution is -0.118. The predicted octanol–water partition coefficient (Wildman–Crippen LogP) is 2.81.